The number of nitrogens with zero attached hydrogens (tertiary/aromatic N) is 1. The Morgan fingerprint density at radius 3 is 2.71 bits per heavy atom. The molecule has 1 heterocycles. The van der Waals surface area contributed by atoms with Crippen molar-refractivity contribution in [3.05, 3.63) is 59.2 Å². The maximum absolute atomic E-state index is 13.5. The first-order valence-electron chi connectivity index (χ1n) is 7.14. The van der Waals surface area contributed by atoms with E-state index in [1.165, 1.54) is 12.3 Å². The van der Waals surface area contributed by atoms with E-state index in [0.717, 1.165) is 35.4 Å². The molecule has 0 aliphatic carbocycles. The zero-order valence-corrected chi connectivity index (χ0v) is 12.7. The lowest BCUT2D eigenvalue weighted by atomic mass is 9.95. The summed E-state index contributed by atoms with van der Waals surface area (Å²) in [4.78, 5) is 3.96. The van der Waals surface area contributed by atoms with Gasteiger partial charge in [-0.25, -0.2) is 4.39 Å². The van der Waals surface area contributed by atoms with Crippen molar-refractivity contribution in [2.24, 2.45) is 0 Å². The van der Waals surface area contributed by atoms with Gasteiger partial charge in [-0.15, -0.1) is 0 Å². The van der Waals surface area contributed by atoms with Gasteiger partial charge in [-0.1, -0.05) is 13.0 Å². The number of hydrogen-bond acceptors (Lipinski definition) is 3. The van der Waals surface area contributed by atoms with Gasteiger partial charge in [-0.3, -0.25) is 4.98 Å². The number of aryl methyl sites for hydroxylation is 1. The Balaban J connectivity index is 2.40. The predicted molar refractivity (Wildman–Crippen MR) is 82.1 cm³/mol. The second-order valence-electron chi connectivity index (χ2n) is 5.05. The third kappa shape index (κ3) is 3.79. The quantitative estimate of drug-likeness (QED) is 0.881. The van der Waals surface area contributed by atoms with E-state index >= 15 is 0 Å². The van der Waals surface area contributed by atoms with E-state index in [1.54, 1.807) is 13.3 Å². The molecule has 1 aromatic carbocycles. The van der Waals surface area contributed by atoms with Crippen LogP contribution >= 0.6 is 0 Å². The van der Waals surface area contributed by atoms with Crippen molar-refractivity contribution in [2.75, 3.05) is 13.7 Å². The van der Waals surface area contributed by atoms with Crippen molar-refractivity contribution in [3.8, 4) is 5.75 Å². The topological polar surface area (TPSA) is 34.2 Å². The molecule has 21 heavy (non-hydrogen) atoms. The Hall–Kier alpha value is -1.94. The molecule has 1 N–H and O–H groups in total. The molecular weight excluding hydrogens is 267 g/mol. The van der Waals surface area contributed by atoms with Crippen LogP contribution in [0.15, 0.2) is 36.7 Å². The molecule has 0 aliphatic heterocycles. The van der Waals surface area contributed by atoms with Crippen molar-refractivity contribution < 1.29 is 9.13 Å². The maximum atomic E-state index is 13.5. The van der Waals surface area contributed by atoms with E-state index in [1.807, 2.05) is 25.1 Å². The fourth-order valence-electron chi connectivity index (χ4n) is 2.38. The molecule has 1 unspecified atom stereocenters. The molecule has 0 saturated heterocycles. The monoisotopic (exact) mass is 288 g/mol. The number of rotatable bonds is 6. The largest absolute Gasteiger partial charge is 0.497 e. The normalized spacial score (nSPS) is 12.2. The van der Waals surface area contributed by atoms with Gasteiger partial charge < -0.3 is 10.1 Å². The Bertz CT molecular complexity index is 601. The zero-order valence-electron chi connectivity index (χ0n) is 12.7. The Morgan fingerprint density at radius 1 is 1.29 bits per heavy atom. The SMILES string of the molecule is CCCNC(c1cncc(F)c1)c1ccc(OC)cc1C. The molecule has 1 aromatic heterocycles. The molecule has 0 fully saturated rings. The third-order valence-electron chi connectivity index (χ3n) is 3.45. The average molecular weight is 288 g/mol. The van der Waals surface area contributed by atoms with Crippen LogP contribution in [0.2, 0.25) is 0 Å². The van der Waals surface area contributed by atoms with Crippen LogP contribution in [0.5, 0.6) is 5.75 Å². The predicted octanol–water partition coefficient (Wildman–Crippen LogP) is 3.63. The second kappa shape index (κ2) is 7.18. The van der Waals surface area contributed by atoms with Crippen LogP contribution in [-0.4, -0.2) is 18.6 Å². The second-order valence-corrected chi connectivity index (χ2v) is 5.05. The number of pyridine rings is 1. The minimum atomic E-state index is -0.318. The lowest BCUT2D eigenvalue weighted by molar-refractivity contribution is 0.414. The number of benzene rings is 1. The molecule has 2 rings (SSSR count). The standard InChI is InChI=1S/C17H21FN2O/c1-4-7-20-17(13-9-14(18)11-19-10-13)16-6-5-15(21-3)8-12(16)2/h5-6,8-11,17,20H,4,7H2,1-3H3. The molecule has 0 saturated carbocycles. The van der Waals surface area contributed by atoms with Crippen molar-refractivity contribution in [3.63, 3.8) is 0 Å². The van der Waals surface area contributed by atoms with E-state index in [4.69, 9.17) is 4.74 Å². The van der Waals surface area contributed by atoms with Gasteiger partial charge >= 0.3 is 0 Å². The minimum absolute atomic E-state index is 0.0703. The first-order valence-corrected chi connectivity index (χ1v) is 7.14. The summed E-state index contributed by atoms with van der Waals surface area (Å²) < 4.78 is 18.7. The van der Waals surface area contributed by atoms with Gasteiger partial charge in [-0.2, -0.15) is 0 Å². The first-order chi connectivity index (χ1) is 10.2. The Kier molecular flexibility index (Phi) is 5.28. The van der Waals surface area contributed by atoms with Gasteiger partial charge in [-0.05, 0) is 54.8 Å². The molecule has 0 bridgehead atoms. The smallest absolute Gasteiger partial charge is 0.141 e. The van der Waals surface area contributed by atoms with E-state index in [0.29, 0.717) is 0 Å². The van der Waals surface area contributed by atoms with Crippen LogP contribution in [0.4, 0.5) is 4.39 Å². The summed E-state index contributed by atoms with van der Waals surface area (Å²) in [6.45, 7) is 4.99. The molecule has 4 heteroatoms. The van der Waals surface area contributed by atoms with E-state index in [9.17, 15) is 4.39 Å². The molecule has 0 amide bonds. The summed E-state index contributed by atoms with van der Waals surface area (Å²) in [5, 5.41) is 3.46. The number of methoxy groups -OCH3 is 1. The van der Waals surface area contributed by atoms with Gasteiger partial charge in [0.05, 0.1) is 19.3 Å². The van der Waals surface area contributed by atoms with E-state index in [2.05, 4.69) is 17.2 Å². The van der Waals surface area contributed by atoms with E-state index < -0.39 is 0 Å². The number of halogens is 1. The molecule has 2 aromatic rings. The lowest BCUT2D eigenvalue weighted by Crippen LogP contribution is -2.24. The van der Waals surface area contributed by atoms with Crippen LogP contribution in [0.3, 0.4) is 0 Å². The molecule has 3 nitrogen and oxygen atoms in total. The van der Waals surface area contributed by atoms with Crippen LogP contribution < -0.4 is 10.1 Å². The van der Waals surface area contributed by atoms with Crippen LogP contribution in [0.1, 0.15) is 36.1 Å². The van der Waals surface area contributed by atoms with Crippen molar-refractivity contribution >= 4 is 0 Å². The zero-order chi connectivity index (χ0) is 15.2. The number of aromatic nitrogens is 1. The molecule has 1 atom stereocenters. The number of nitrogens with one attached hydrogen (secondary N) is 1. The number of hydrogen-bond donors (Lipinski definition) is 1. The van der Waals surface area contributed by atoms with Gasteiger partial charge in [0.25, 0.3) is 0 Å². The fraction of sp³-hybridized carbons (Fsp3) is 0.353. The van der Waals surface area contributed by atoms with Gasteiger partial charge in [0.1, 0.15) is 11.6 Å². The highest BCUT2D eigenvalue weighted by atomic mass is 19.1. The molecule has 0 aliphatic rings. The summed E-state index contributed by atoms with van der Waals surface area (Å²) >= 11 is 0. The van der Waals surface area contributed by atoms with Crippen LogP contribution in [-0.2, 0) is 0 Å². The molecule has 112 valence electrons. The first kappa shape index (κ1) is 15.4. The highest BCUT2D eigenvalue weighted by Crippen LogP contribution is 2.27. The van der Waals surface area contributed by atoms with Crippen LogP contribution in [0.25, 0.3) is 0 Å². The fourth-order valence-corrected chi connectivity index (χ4v) is 2.38. The van der Waals surface area contributed by atoms with Crippen LogP contribution in [0, 0.1) is 12.7 Å². The minimum Gasteiger partial charge on any atom is -0.497 e. The lowest BCUT2D eigenvalue weighted by Gasteiger charge is -2.21. The Morgan fingerprint density at radius 2 is 2.10 bits per heavy atom. The summed E-state index contributed by atoms with van der Waals surface area (Å²) in [5.41, 5.74) is 3.04. The van der Waals surface area contributed by atoms with Crippen molar-refractivity contribution in [1.29, 1.82) is 0 Å². The number of ether oxygens (including phenoxy) is 1. The third-order valence-corrected chi connectivity index (χ3v) is 3.45. The summed E-state index contributed by atoms with van der Waals surface area (Å²) in [6.07, 6.45) is 3.94. The highest BCUT2D eigenvalue weighted by molar-refractivity contribution is 5.40. The summed E-state index contributed by atoms with van der Waals surface area (Å²) in [5.74, 6) is 0.504. The highest BCUT2D eigenvalue weighted by Gasteiger charge is 2.17. The van der Waals surface area contributed by atoms with Gasteiger partial charge in [0, 0.05) is 6.20 Å². The molecular formula is C17H21FN2O. The van der Waals surface area contributed by atoms with Crippen molar-refractivity contribution in [2.45, 2.75) is 26.3 Å². The maximum Gasteiger partial charge on any atom is 0.141 e. The van der Waals surface area contributed by atoms with E-state index in [-0.39, 0.29) is 11.9 Å². The average Bonchev–Trinajstić information content (AvgIpc) is 2.49. The Labute approximate surface area is 125 Å². The van der Waals surface area contributed by atoms with Gasteiger partial charge in [0.15, 0.2) is 0 Å². The molecule has 0 spiro atoms. The summed E-state index contributed by atoms with van der Waals surface area (Å²) in [7, 11) is 1.65. The van der Waals surface area contributed by atoms with Gasteiger partial charge in [0.2, 0.25) is 0 Å². The summed E-state index contributed by atoms with van der Waals surface area (Å²) in [6, 6.07) is 7.40. The van der Waals surface area contributed by atoms with Crippen molar-refractivity contribution in [1.82, 2.24) is 10.3 Å². The molecule has 0 radical (unpaired) electrons.